The van der Waals surface area contributed by atoms with Gasteiger partial charge in [-0.1, -0.05) is 29.8 Å². The van der Waals surface area contributed by atoms with E-state index in [-0.39, 0.29) is 10.8 Å². The summed E-state index contributed by atoms with van der Waals surface area (Å²) < 4.78 is 32.1. The summed E-state index contributed by atoms with van der Waals surface area (Å²) in [4.78, 5) is 15.1. The number of hydrogen-bond acceptors (Lipinski definition) is 5. The second-order valence-electron chi connectivity index (χ2n) is 8.21. The zero-order valence-corrected chi connectivity index (χ0v) is 18.6. The van der Waals surface area contributed by atoms with E-state index < -0.39 is 10.0 Å². The second kappa shape index (κ2) is 9.48. The first kappa shape index (κ1) is 22.0. The van der Waals surface area contributed by atoms with Crippen molar-refractivity contribution in [1.29, 1.82) is 0 Å². The number of rotatable bonds is 8. The lowest BCUT2D eigenvalue weighted by molar-refractivity contribution is -0.117. The summed E-state index contributed by atoms with van der Waals surface area (Å²) in [5, 5.41) is 2.90. The van der Waals surface area contributed by atoms with Crippen LogP contribution in [-0.2, 0) is 26.1 Å². The lowest BCUT2D eigenvalue weighted by Crippen LogP contribution is -2.40. The van der Waals surface area contributed by atoms with Gasteiger partial charge in [0.05, 0.1) is 24.7 Å². The number of ether oxygens (including phenoxy) is 1. The van der Waals surface area contributed by atoms with Crippen molar-refractivity contribution in [1.82, 2.24) is 9.21 Å². The number of benzene rings is 2. The molecule has 1 aliphatic carbocycles. The first-order valence-electron chi connectivity index (χ1n) is 10.7. The van der Waals surface area contributed by atoms with E-state index in [1.54, 1.807) is 24.3 Å². The predicted octanol–water partition coefficient (Wildman–Crippen LogP) is 2.62. The van der Waals surface area contributed by atoms with Crippen LogP contribution >= 0.6 is 0 Å². The van der Waals surface area contributed by atoms with E-state index >= 15 is 0 Å². The van der Waals surface area contributed by atoms with Gasteiger partial charge in [0, 0.05) is 31.4 Å². The molecule has 1 aliphatic heterocycles. The van der Waals surface area contributed by atoms with Crippen LogP contribution in [0.5, 0.6) is 0 Å². The summed E-state index contributed by atoms with van der Waals surface area (Å²) in [7, 11) is -3.53. The average Bonchev–Trinajstić information content (AvgIpc) is 3.61. The van der Waals surface area contributed by atoms with E-state index in [4.69, 9.17) is 4.74 Å². The molecule has 1 heterocycles. The van der Waals surface area contributed by atoms with Crippen LogP contribution in [0.25, 0.3) is 0 Å². The van der Waals surface area contributed by atoms with E-state index in [0.717, 1.165) is 19.4 Å². The number of sulfonamides is 1. The Balaban J connectivity index is 1.36. The van der Waals surface area contributed by atoms with Gasteiger partial charge in [-0.15, -0.1) is 0 Å². The second-order valence-corrected chi connectivity index (χ2v) is 10.1. The molecule has 0 bridgehead atoms. The van der Waals surface area contributed by atoms with Gasteiger partial charge in [-0.25, -0.2) is 8.42 Å². The summed E-state index contributed by atoms with van der Waals surface area (Å²) in [6.07, 6.45) is 2.24. The Kier molecular flexibility index (Phi) is 6.71. The third kappa shape index (κ3) is 5.71. The van der Waals surface area contributed by atoms with Crippen molar-refractivity contribution in [2.45, 2.75) is 37.2 Å². The third-order valence-corrected chi connectivity index (χ3v) is 7.58. The largest absolute Gasteiger partial charge is 0.379 e. The zero-order valence-electron chi connectivity index (χ0n) is 17.8. The quantitative estimate of drug-likeness (QED) is 0.679. The summed E-state index contributed by atoms with van der Waals surface area (Å²) in [6.45, 7) is 4.66. The standard InChI is InChI=1S/C23H29N3O4S/c1-18-2-4-19(5-3-18)16-25(21-8-9-21)17-23(27)24-20-6-10-22(11-7-20)31(28,29)26-12-14-30-15-13-26/h2-7,10-11,21H,8-9,12-17H2,1H3,(H,24,27). The minimum Gasteiger partial charge on any atom is -0.379 e. The van der Waals surface area contributed by atoms with E-state index in [1.165, 1.54) is 15.4 Å². The minimum absolute atomic E-state index is 0.0946. The number of hydrogen-bond donors (Lipinski definition) is 1. The Bertz CT molecular complexity index is 996. The molecular formula is C23H29N3O4S. The van der Waals surface area contributed by atoms with Gasteiger partial charge in [0.15, 0.2) is 0 Å². The molecule has 8 heteroatoms. The lowest BCUT2D eigenvalue weighted by atomic mass is 10.1. The van der Waals surface area contributed by atoms with Crippen LogP contribution in [0.4, 0.5) is 5.69 Å². The SMILES string of the molecule is Cc1ccc(CN(CC(=O)Nc2ccc(S(=O)(=O)N3CCOCC3)cc2)C2CC2)cc1. The maximum absolute atomic E-state index is 12.7. The van der Waals surface area contributed by atoms with Crippen molar-refractivity contribution < 1.29 is 17.9 Å². The monoisotopic (exact) mass is 443 g/mol. The van der Waals surface area contributed by atoms with Gasteiger partial charge >= 0.3 is 0 Å². The molecule has 0 radical (unpaired) electrons. The number of morpholine rings is 1. The molecule has 1 N–H and O–H groups in total. The van der Waals surface area contributed by atoms with Gasteiger partial charge in [0.2, 0.25) is 15.9 Å². The maximum atomic E-state index is 12.7. The number of carbonyl (C=O) groups excluding carboxylic acids is 1. The van der Waals surface area contributed by atoms with Crippen LogP contribution in [0.15, 0.2) is 53.4 Å². The van der Waals surface area contributed by atoms with Crippen molar-refractivity contribution in [2.24, 2.45) is 0 Å². The van der Waals surface area contributed by atoms with Crippen molar-refractivity contribution in [3.8, 4) is 0 Å². The first-order valence-corrected chi connectivity index (χ1v) is 12.1. The molecule has 31 heavy (non-hydrogen) atoms. The van der Waals surface area contributed by atoms with Gasteiger partial charge in [-0.3, -0.25) is 9.69 Å². The fourth-order valence-corrected chi connectivity index (χ4v) is 5.12. The Morgan fingerprint density at radius 1 is 1.06 bits per heavy atom. The Labute approximate surface area is 184 Å². The molecule has 2 fully saturated rings. The number of nitrogens with one attached hydrogen (secondary N) is 1. The Morgan fingerprint density at radius 2 is 1.71 bits per heavy atom. The normalized spacial score (nSPS) is 17.6. The van der Waals surface area contributed by atoms with Gasteiger partial charge in [-0.05, 0) is 49.6 Å². The predicted molar refractivity (Wildman–Crippen MR) is 119 cm³/mol. The highest BCUT2D eigenvalue weighted by Crippen LogP contribution is 2.28. The van der Waals surface area contributed by atoms with Gasteiger partial charge in [-0.2, -0.15) is 4.31 Å². The number of nitrogens with zero attached hydrogens (tertiary/aromatic N) is 2. The highest BCUT2D eigenvalue weighted by atomic mass is 32.2. The zero-order chi connectivity index (χ0) is 21.8. The third-order valence-electron chi connectivity index (χ3n) is 5.66. The molecule has 1 amide bonds. The molecule has 2 aliphatic rings. The van der Waals surface area contributed by atoms with Crippen LogP contribution in [-0.4, -0.2) is 62.4 Å². The highest BCUT2D eigenvalue weighted by molar-refractivity contribution is 7.89. The van der Waals surface area contributed by atoms with Crippen molar-refractivity contribution in [2.75, 3.05) is 38.2 Å². The smallest absolute Gasteiger partial charge is 0.243 e. The van der Waals surface area contributed by atoms with E-state index in [0.29, 0.717) is 44.6 Å². The van der Waals surface area contributed by atoms with Crippen LogP contribution < -0.4 is 5.32 Å². The van der Waals surface area contributed by atoms with Crippen molar-refractivity contribution >= 4 is 21.6 Å². The molecule has 2 aromatic rings. The molecule has 4 rings (SSSR count). The molecule has 0 spiro atoms. The van der Waals surface area contributed by atoms with Crippen molar-refractivity contribution in [3.63, 3.8) is 0 Å². The summed E-state index contributed by atoms with van der Waals surface area (Å²) in [6, 6.07) is 15.2. The Hall–Kier alpha value is -2.26. The summed E-state index contributed by atoms with van der Waals surface area (Å²) >= 11 is 0. The molecule has 0 atom stereocenters. The molecule has 7 nitrogen and oxygen atoms in total. The lowest BCUT2D eigenvalue weighted by Gasteiger charge is -2.26. The molecule has 1 saturated heterocycles. The highest BCUT2D eigenvalue weighted by Gasteiger charge is 2.30. The van der Waals surface area contributed by atoms with Gasteiger partial charge in [0.1, 0.15) is 0 Å². The Morgan fingerprint density at radius 3 is 2.32 bits per heavy atom. The fourth-order valence-electron chi connectivity index (χ4n) is 3.71. The van der Waals surface area contributed by atoms with Gasteiger partial charge in [0.25, 0.3) is 0 Å². The maximum Gasteiger partial charge on any atom is 0.243 e. The van der Waals surface area contributed by atoms with Crippen molar-refractivity contribution in [3.05, 3.63) is 59.7 Å². The van der Waals surface area contributed by atoms with E-state index in [9.17, 15) is 13.2 Å². The minimum atomic E-state index is -3.53. The van der Waals surface area contributed by atoms with Crippen LogP contribution in [0.2, 0.25) is 0 Å². The van der Waals surface area contributed by atoms with Crippen LogP contribution in [0.3, 0.4) is 0 Å². The fraction of sp³-hybridized carbons (Fsp3) is 0.435. The molecule has 166 valence electrons. The molecule has 2 aromatic carbocycles. The summed E-state index contributed by atoms with van der Waals surface area (Å²) in [5.74, 6) is -0.0946. The molecule has 0 aromatic heterocycles. The topological polar surface area (TPSA) is 79.0 Å². The molecule has 0 unspecified atom stereocenters. The van der Waals surface area contributed by atoms with Crippen LogP contribution in [0, 0.1) is 6.92 Å². The number of aryl methyl sites for hydroxylation is 1. The van der Waals surface area contributed by atoms with Gasteiger partial charge < -0.3 is 10.1 Å². The van der Waals surface area contributed by atoms with E-state index in [2.05, 4.69) is 41.4 Å². The molecular weight excluding hydrogens is 414 g/mol. The summed E-state index contributed by atoms with van der Waals surface area (Å²) in [5.41, 5.74) is 3.01. The van der Waals surface area contributed by atoms with Crippen LogP contribution in [0.1, 0.15) is 24.0 Å². The average molecular weight is 444 g/mol. The number of carbonyl (C=O) groups is 1. The van der Waals surface area contributed by atoms with E-state index in [1.807, 2.05) is 0 Å². The molecule has 1 saturated carbocycles. The number of anilines is 1. The number of amides is 1. The first-order chi connectivity index (χ1) is 14.9.